The van der Waals surface area contributed by atoms with Crippen molar-refractivity contribution in [3.8, 4) is 5.75 Å². The van der Waals surface area contributed by atoms with Gasteiger partial charge in [-0.05, 0) is 24.7 Å². The Balaban J connectivity index is 1.55. The fourth-order valence-electron chi connectivity index (χ4n) is 3.75. The van der Waals surface area contributed by atoms with E-state index in [2.05, 4.69) is 16.9 Å². The summed E-state index contributed by atoms with van der Waals surface area (Å²) in [5, 5.41) is 10.8. The average Bonchev–Trinajstić information content (AvgIpc) is 3.11. The van der Waals surface area contributed by atoms with Crippen molar-refractivity contribution >= 4 is 16.9 Å². The highest BCUT2D eigenvalue weighted by molar-refractivity contribution is 5.90. The van der Waals surface area contributed by atoms with Crippen molar-refractivity contribution in [3.05, 3.63) is 65.9 Å². The van der Waals surface area contributed by atoms with E-state index in [1.165, 1.54) is 0 Å². The second kappa shape index (κ2) is 8.04. The minimum absolute atomic E-state index is 0.499. The lowest BCUT2D eigenvalue weighted by Gasteiger charge is -2.36. The number of rotatable bonds is 6. The highest BCUT2D eigenvalue weighted by atomic mass is 16.5. The van der Waals surface area contributed by atoms with Crippen molar-refractivity contribution in [1.82, 2.24) is 14.8 Å². The summed E-state index contributed by atoms with van der Waals surface area (Å²) in [6.45, 7) is 3.75. The number of fused-ring (bicyclic) bond motifs is 1. The van der Waals surface area contributed by atoms with Crippen LogP contribution in [0.5, 0.6) is 5.75 Å². The number of aromatic nitrogens is 1. The zero-order valence-electron chi connectivity index (χ0n) is 16.0. The van der Waals surface area contributed by atoms with Crippen LogP contribution in [0.3, 0.4) is 0 Å². The predicted octanol–water partition coefficient (Wildman–Crippen LogP) is 3.12. The fraction of sp³-hybridized carbons (Fsp3) is 0.318. The molecule has 2 heterocycles. The maximum atomic E-state index is 12.1. The molecule has 28 heavy (non-hydrogen) atoms. The summed E-state index contributed by atoms with van der Waals surface area (Å²) in [7, 11) is 2.07. The molecule has 2 aromatic carbocycles. The summed E-state index contributed by atoms with van der Waals surface area (Å²) in [6, 6.07) is 15.2. The standard InChI is InChI=1S/C22H25N3O3/c1-24-9-11-25(12-10-24)21(22(26)27)19-14-23-20-13-17(7-8-18(19)20)28-15-16-5-3-2-4-6-16/h2-8,13-14,21,23H,9-12,15H2,1H3,(H,26,27). The predicted molar refractivity (Wildman–Crippen MR) is 109 cm³/mol. The van der Waals surface area contributed by atoms with Gasteiger partial charge in [-0.3, -0.25) is 9.69 Å². The van der Waals surface area contributed by atoms with Gasteiger partial charge in [-0.1, -0.05) is 30.3 Å². The Morgan fingerprint density at radius 3 is 2.61 bits per heavy atom. The smallest absolute Gasteiger partial charge is 0.325 e. The maximum absolute atomic E-state index is 12.1. The monoisotopic (exact) mass is 379 g/mol. The molecular weight excluding hydrogens is 354 g/mol. The van der Waals surface area contributed by atoms with Crippen molar-refractivity contribution in [2.45, 2.75) is 12.6 Å². The number of likely N-dealkylation sites (N-methyl/N-ethyl adjacent to an activating group) is 1. The van der Waals surface area contributed by atoms with E-state index in [4.69, 9.17) is 4.74 Å². The number of aromatic amines is 1. The number of benzene rings is 2. The molecule has 6 nitrogen and oxygen atoms in total. The minimum Gasteiger partial charge on any atom is -0.489 e. The third kappa shape index (κ3) is 3.88. The van der Waals surface area contributed by atoms with Crippen LogP contribution in [0, 0.1) is 0 Å². The number of ether oxygens (including phenoxy) is 1. The third-order valence-electron chi connectivity index (χ3n) is 5.37. The summed E-state index contributed by atoms with van der Waals surface area (Å²) in [6.07, 6.45) is 1.82. The lowest BCUT2D eigenvalue weighted by Crippen LogP contribution is -2.47. The molecule has 1 aliphatic heterocycles. The fourth-order valence-corrected chi connectivity index (χ4v) is 3.75. The van der Waals surface area contributed by atoms with E-state index in [0.29, 0.717) is 6.61 Å². The summed E-state index contributed by atoms with van der Waals surface area (Å²) < 4.78 is 5.89. The van der Waals surface area contributed by atoms with E-state index < -0.39 is 12.0 Å². The Morgan fingerprint density at radius 2 is 1.89 bits per heavy atom. The number of aliphatic carboxylic acids is 1. The van der Waals surface area contributed by atoms with Gasteiger partial charge in [0.25, 0.3) is 0 Å². The highest BCUT2D eigenvalue weighted by Gasteiger charge is 2.31. The first-order valence-corrected chi connectivity index (χ1v) is 9.55. The lowest BCUT2D eigenvalue weighted by atomic mass is 10.0. The molecule has 1 atom stereocenters. The Kier molecular flexibility index (Phi) is 5.32. The van der Waals surface area contributed by atoms with Crippen LogP contribution in [0.1, 0.15) is 17.2 Å². The van der Waals surface area contributed by atoms with Crippen LogP contribution < -0.4 is 4.74 Å². The second-order valence-electron chi connectivity index (χ2n) is 7.31. The SMILES string of the molecule is CN1CCN(C(C(=O)O)c2c[nH]c3cc(OCc4ccccc4)ccc23)CC1. The Bertz CT molecular complexity index is 946. The number of piperazine rings is 1. The zero-order valence-corrected chi connectivity index (χ0v) is 16.0. The number of nitrogens with one attached hydrogen (secondary N) is 1. The average molecular weight is 379 g/mol. The normalized spacial score (nSPS) is 16.9. The van der Waals surface area contributed by atoms with Crippen LogP contribution in [0.25, 0.3) is 10.9 Å². The van der Waals surface area contributed by atoms with Crippen LogP contribution in [0.4, 0.5) is 0 Å². The maximum Gasteiger partial charge on any atom is 0.325 e. The number of nitrogens with zero attached hydrogens (tertiary/aromatic N) is 2. The van der Waals surface area contributed by atoms with Crippen molar-refractivity contribution in [2.75, 3.05) is 33.2 Å². The summed E-state index contributed by atoms with van der Waals surface area (Å²) in [5.41, 5.74) is 2.80. The van der Waals surface area contributed by atoms with Gasteiger partial charge in [0.05, 0.1) is 0 Å². The van der Waals surface area contributed by atoms with Gasteiger partial charge in [0.2, 0.25) is 0 Å². The quantitative estimate of drug-likeness (QED) is 0.689. The van der Waals surface area contributed by atoms with Gasteiger partial charge < -0.3 is 19.7 Å². The molecule has 1 saturated heterocycles. The van der Waals surface area contributed by atoms with Gasteiger partial charge in [0.15, 0.2) is 0 Å². The van der Waals surface area contributed by atoms with Crippen molar-refractivity contribution in [1.29, 1.82) is 0 Å². The zero-order chi connectivity index (χ0) is 19.5. The molecule has 3 aromatic rings. The first kappa shape index (κ1) is 18.5. The van der Waals surface area contributed by atoms with E-state index >= 15 is 0 Å². The van der Waals surface area contributed by atoms with Crippen LogP contribution in [-0.2, 0) is 11.4 Å². The Hall–Kier alpha value is -2.83. The minimum atomic E-state index is -0.810. The number of carboxylic acids is 1. The molecule has 146 valence electrons. The largest absolute Gasteiger partial charge is 0.489 e. The van der Waals surface area contributed by atoms with Crippen molar-refractivity contribution in [2.24, 2.45) is 0 Å². The van der Waals surface area contributed by atoms with Gasteiger partial charge >= 0.3 is 5.97 Å². The molecule has 6 heteroatoms. The van der Waals surface area contributed by atoms with Gasteiger partial charge in [-0.25, -0.2) is 0 Å². The topological polar surface area (TPSA) is 68.8 Å². The molecule has 0 aliphatic carbocycles. The molecule has 1 aromatic heterocycles. The van der Waals surface area contributed by atoms with E-state index in [1.807, 2.05) is 59.6 Å². The number of hydrogen-bond acceptors (Lipinski definition) is 4. The molecule has 1 unspecified atom stereocenters. The molecule has 0 radical (unpaired) electrons. The van der Waals surface area contributed by atoms with E-state index in [1.54, 1.807) is 0 Å². The molecular formula is C22H25N3O3. The summed E-state index contributed by atoms with van der Waals surface area (Å²) in [4.78, 5) is 19.6. The van der Waals surface area contributed by atoms with Gasteiger partial charge in [-0.2, -0.15) is 0 Å². The van der Waals surface area contributed by atoms with Gasteiger partial charge in [0.1, 0.15) is 18.4 Å². The van der Waals surface area contributed by atoms with Crippen LogP contribution in [0.15, 0.2) is 54.7 Å². The number of carbonyl (C=O) groups is 1. The Morgan fingerprint density at radius 1 is 1.14 bits per heavy atom. The van der Waals surface area contributed by atoms with Crippen LogP contribution >= 0.6 is 0 Å². The first-order chi connectivity index (χ1) is 13.6. The van der Waals surface area contributed by atoms with E-state index in [-0.39, 0.29) is 0 Å². The van der Waals surface area contributed by atoms with Gasteiger partial charge in [0, 0.05) is 54.9 Å². The Labute approximate surface area is 164 Å². The highest BCUT2D eigenvalue weighted by Crippen LogP contribution is 2.31. The molecule has 1 fully saturated rings. The van der Waals surface area contributed by atoms with Gasteiger partial charge in [-0.15, -0.1) is 0 Å². The van der Waals surface area contributed by atoms with E-state index in [0.717, 1.165) is 54.0 Å². The van der Waals surface area contributed by atoms with Crippen molar-refractivity contribution in [3.63, 3.8) is 0 Å². The molecule has 0 saturated carbocycles. The molecule has 4 rings (SSSR count). The summed E-state index contributed by atoms with van der Waals surface area (Å²) in [5.74, 6) is -0.0499. The molecule has 0 amide bonds. The first-order valence-electron chi connectivity index (χ1n) is 9.55. The van der Waals surface area contributed by atoms with Crippen molar-refractivity contribution < 1.29 is 14.6 Å². The number of hydrogen-bond donors (Lipinski definition) is 2. The summed E-state index contributed by atoms with van der Waals surface area (Å²) >= 11 is 0. The molecule has 0 bridgehead atoms. The van der Waals surface area contributed by atoms with E-state index in [9.17, 15) is 9.90 Å². The van der Waals surface area contributed by atoms with Crippen LogP contribution in [0.2, 0.25) is 0 Å². The molecule has 1 aliphatic rings. The lowest BCUT2D eigenvalue weighted by molar-refractivity contribution is -0.144. The second-order valence-corrected chi connectivity index (χ2v) is 7.31. The number of carboxylic acid groups (broad SMARTS) is 1. The third-order valence-corrected chi connectivity index (χ3v) is 5.37. The number of H-pyrrole nitrogens is 1. The molecule has 2 N–H and O–H groups in total. The van der Waals surface area contributed by atoms with Crippen LogP contribution in [-0.4, -0.2) is 59.1 Å². The molecule has 0 spiro atoms.